The highest BCUT2D eigenvalue weighted by Gasteiger charge is 2.14. The van der Waals surface area contributed by atoms with Crippen LogP contribution in [0.1, 0.15) is 16.1 Å². The minimum absolute atomic E-state index is 0.115. The maximum atomic E-state index is 12.0. The lowest BCUT2D eigenvalue weighted by molar-refractivity contribution is 0.0550. The largest absolute Gasteiger partial charge is 0.458 e. The van der Waals surface area contributed by atoms with E-state index in [1.165, 1.54) is 29.6 Å². The third-order valence-corrected chi connectivity index (χ3v) is 3.48. The maximum absolute atomic E-state index is 12.0. The minimum atomic E-state index is -0.521. The Balaban J connectivity index is 1.82. The summed E-state index contributed by atoms with van der Waals surface area (Å²) in [6, 6.07) is 8.53. The molecule has 0 atom stereocenters. The molecule has 8 heteroatoms. The van der Waals surface area contributed by atoms with Crippen molar-refractivity contribution >= 4 is 23.8 Å². The highest BCUT2D eigenvalue weighted by atomic mass is 35.5. The van der Waals surface area contributed by atoms with Gasteiger partial charge in [-0.25, -0.2) is 9.47 Å². The molecule has 0 N–H and O–H groups in total. The molecule has 7 nitrogen and oxygen atoms in total. The minimum Gasteiger partial charge on any atom is -0.458 e. The van der Waals surface area contributed by atoms with Gasteiger partial charge in [-0.05, 0) is 30.3 Å². The molecule has 0 aliphatic heterocycles. The number of esters is 1. The summed E-state index contributed by atoms with van der Waals surface area (Å²) >= 11 is 6.08. The first-order valence-electron chi connectivity index (χ1n) is 7.24. The van der Waals surface area contributed by atoms with Gasteiger partial charge in [0, 0.05) is 5.56 Å². The lowest BCUT2D eigenvalue weighted by atomic mass is 10.1. The van der Waals surface area contributed by atoms with E-state index < -0.39 is 5.97 Å². The molecule has 2 heterocycles. The van der Waals surface area contributed by atoms with Gasteiger partial charge < -0.3 is 9.15 Å². The number of aromatic nitrogens is 3. The van der Waals surface area contributed by atoms with Crippen molar-refractivity contribution in [3.63, 3.8) is 0 Å². The topological polar surface area (TPSA) is 82.5 Å². The molecule has 0 aliphatic rings. The molecule has 0 radical (unpaired) electrons. The third-order valence-electron chi connectivity index (χ3n) is 3.15. The Bertz CT molecular complexity index is 916. The molecule has 0 bridgehead atoms. The van der Waals surface area contributed by atoms with Gasteiger partial charge in [0.2, 0.25) is 0 Å². The quantitative estimate of drug-likeness (QED) is 0.384. The van der Waals surface area contributed by atoms with Crippen LogP contribution < -0.4 is 0 Å². The van der Waals surface area contributed by atoms with Crippen LogP contribution in [0.25, 0.3) is 11.3 Å². The summed E-state index contributed by atoms with van der Waals surface area (Å²) in [5.41, 5.74) is 0.955. The predicted octanol–water partition coefficient (Wildman–Crippen LogP) is 3.42. The van der Waals surface area contributed by atoms with E-state index in [1.807, 2.05) is 0 Å². The summed E-state index contributed by atoms with van der Waals surface area (Å²) in [5.74, 6) is 0.585. The smallest absolute Gasteiger partial charge is 0.339 e. The van der Waals surface area contributed by atoms with Crippen LogP contribution in [-0.4, -0.2) is 33.7 Å². The van der Waals surface area contributed by atoms with E-state index in [0.717, 1.165) is 0 Å². The van der Waals surface area contributed by atoms with Gasteiger partial charge in [-0.15, -0.1) is 10.2 Å². The average molecular weight is 357 g/mol. The number of nitrogens with zero attached hydrogens (tertiary/aromatic N) is 4. The molecule has 0 saturated heterocycles. The summed E-state index contributed by atoms with van der Waals surface area (Å²) in [4.78, 5) is 12.0. The Kier molecular flexibility index (Phi) is 5.06. The van der Waals surface area contributed by atoms with Crippen molar-refractivity contribution in [2.24, 2.45) is 5.10 Å². The number of ether oxygens (including phenoxy) is 1. The Morgan fingerprint density at radius 2 is 2.12 bits per heavy atom. The van der Waals surface area contributed by atoms with Gasteiger partial charge in [0.25, 0.3) is 0 Å². The number of hydrogen-bond donors (Lipinski definition) is 0. The number of carbonyl (C=O) groups excluding carboxylic acids is 1. The van der Waals surface area contributed by atoms with Crippen molar-refractivity contribution in [2.45, 2.75) is 0 Å². The third kappa shape index (κ3) is 4.02. The fourth-order valence-corrected chi connectivity index (χ4v) is 2.20. The zero-order valence-electron chi connectivity index (χ0n) is 13.0. The lowest BCUT2D eigenvalue weighted by Crippen LogP contribution is -2.05. The molecular weight excluding hydrogens is 344 g/mol. The van der Waals surface area contributed by atoms with Crippen LogP contribution in [-0.2, 0) is 4.74 Å². The van der Waals surface area contributed by atoms with Gasteiger partial charge in [-0.3, -0.25) is 0 Å². The van der Waals surface area contributed by atoms with Gasteiger partial charge in [0.15, 0.2) is 0 Å². The second-order valence-corrected chi connectivity index (χ2v) is 5.28. The Labute approximate surface area is 148 Å². The van der Waals surface area contributed by atoms with E-state index >= 15 is 0 Å². The van der Waals surface area contributed by atoms with E-state index in [-0.39, 0.29) is 12.2 Å². The Morgan fingerprint density at radius 1 is 1.32 bits per heavy atom. The number of rotatable bonds is 6. The van der Waals surface area contributed by atoms with E-state index in [2.05, 4.69) is 21.9 Å². The van der Waals surface area contributed by atoms with Crippen LogP contribution in [0.2, 0.25) is 5.02 Å². The van der Waals surface area contributed by atoms with Crippen molar-refractivity contribution in [3.05, 3.63) is 72.0 Å². The van der Waals surface area contributed by atoms with E-state index in [4.69, 9.17) is 20.8 Å². The van der Waals surface area contributed by atoms with Crippen molar-refractivity contribution in [1.82, 2.24) is 14.9 Å². The molecule has 0 saturated carbocycles. The molecule has 2 aromatic heterocycles. The SMILES string of the molecule is C=CCOC(=O)c1cc(-c2ccc(/C=N\n3cnnc3)o2)ccc1Cl. The molecule has 0 amide bonds. The van der Waals surface area contributed by atoms with Crippen LogP contribution in [0.4, 0.5) is 0 Å². The first-order valence-corrected chi connectivity index (χ1v) is 7.62. The highest BCUT2D eigenvalue weighted by molar-refractivity contribution is 6.33. The Hall–Kier alpha value is -3.19. The van der Waals surface area contributed by atoms with Gasteiger partial charge in [-0.2, -0.15) is 5.10 Å². The molecule has 126 valence electrons. The second-order valence-electron chi connectivity index (χ2n) is 4.87. The number of benzene rings is 1. The summed E-state index contributed by atoms with van der Waals surface area (Å²) in [6.45, 7) is 3.62. The standard InChI is InChI=1S/C17H13ClN4O3/c1-2-7-24-17(23)14-8-12(3-5-15(14)18)16-6-4-13(25-16)9-21-22-10-19-20-11-22/h2-6,8-11H,1,7H2/b21-9-. The maximum Gasteiger partial charge on any atom is 0.339 e. The molecule has 0 unspecified atom stereocenters. The summed E-state index contributed by atoms with van der Waals surface area (Å²) in [6.07, 6.45) is 5.94. The molecule has 1 aromatic carbocycles. The van der Waals surface area contributed by atoms with Crippen molar-refractivity contribution in [3.8, 4) is 11.3 Å². The summed E-state index contributed by atoms with van der Waals surface area (Å²) < 4.78 is 12.2. The molecule has 25 heavy (non-hydrogen) atoms. The zero-order valence-corrected chi connectivity index (χ0v) is 13.8. The molecule has 3 rings (SSSR count). The molecular formula is C17H13ClN4O3. The summed E-state index contributed by atoms with van der Waals surface area (Å²) in [7, 11) is 0. The van der Waals surface area contributed by atoms with E-state index in [0.29, 0.717) is 22.1 Å². The second kappa shape index (κ2) is 7.59. The van der Waals surface area contributed by atoms with Crippen molar-refractivity contribution < 1.29 is 13.9 Å². The lowest BCUT2D eigenvalue weighted by Gasteiger charge is -2.06. The first-order chi connectivity index (χ1) is 12.2. The summed E-state index contributed by atoms with van der Waals surface area (Å²) in [5, 5.41) is 11.7. The van der Waals surface area contributed by atoms with E-state index in [1.54, 1.807) is 30.3 Å². The average Bonchev–Trinajstić information content (AvgIpc) is 3.30. The van der Waals surface area contributed by atoms with Crippen molar-refractivity contribution in [1.29, 1.82) is 0 Å². The van der Waals surface area contributed by atoms with Crippen LogP contribution in [0, 0.1) is 0 Å². The predicted molar refractivity (Wildman–Crippen MR) is 92.6 cm³/mol. The molecule has 0 spiro atoms. The normalized spacial score (nSPS) is 10.9. The van der Waals surface area contributed by atoms with Crippen LogP contribution in [0.3, 0.4) is 0 Å². The van der Waals surface area contributed by atoms with Gasteiger partial charge in [-0.1, -0.05) is 24.3 Å². The fraction of sp³-hybridized carbons (Fsp3) is 0.0588. The van der Waals surface area contributed by atoms with Crippen molar-refractivity contribution in [2.75, 3.05) is 6.61 Å². The monoisotopic (exact) mass is 356 g/mol. The van der Waals surface area contributed by atoms with Gasteiger partial charge in [0.05, 0.1) is 16.8 Å². The molecule has 0 aliphatic carbocycles. The first kappa shape index (κ1) is 16.7. The Morgan fingerprint density at radius 3 is 2.88 bits per heavy atom. The fourth-order valence-electron chi connectivity index (χ4n) is 2.00. The molecule has 3 aromatic rings. The number of furan rings is 1. The highest BCUT2D eigenvalue weighted by Crippen LogP contribution is 2.27. The number of carbonyl (C=O) groups is 1. The number of halogens is 1. The van der Waals surface area contributed by atoms with Crippen LogP contribution >= 0.6 is 11.6 Å². The van der Waals surface area contributed by atoms with E-state index in [9.17, 15) is 4.79 Å². The molecule has 0 fully saturated rings. The van der Waals surface area contributed by atoms with Gasteiger partial charge in [0.1, 0.15) is 30.8 Å². The van der Waals surface area contributed by atoms with Gasteiger partial charge >= 0.3 is 5.97 Å². The van der Waals surface area contributed by atoms with Crippen LogP contribution in [0.15, 0.2) is 65.2 Å². The zero-order chi connectivity index (χ0) is 17.6. The van der Waals surface area contributed by atoms with Crippen LogP contribution in [0.5, 0.6) is 0 Å². The number of hydrogen-bond acceptors (Lipinski definition) is 6.